The third-order valence-electron chi connectivity index (χ3n) is 3.78. The Labute approximate surface area is 138 Å². The standard InChI is InChI=1S/C18H17NO5/c1-21-11-5-6-12-14(9-11)24-18(16(19)17(12)20)10-4-7-13(22-2)15(8-10)23-3/h4-9H,19H2,1-3H3. The van der Waals surface area contributed by atoms with Crippen LogP contribution in [0.5, 0.6) is 17.2 Å². The van der Waals surface area contributed by atoms with Gasteiger partial charge in [0.25, 0.3) is 0 Å². The van der Waals surface area contributed by atoms with E-state index >= 15 is 0 Å². The highest BCUT2D eigenvalue weighted by atomic mass is 16.5. The number of rotatable bonds is 4. The smallest absolute Gasteiger partial charge is 0.216 e. The molecule has 24 heavy (non-hydrogen) atoms. The van der Waals surface area contributed by atoms with Crippen LogP contribution in [0.3, 0.4) is 0 Å². The first-order valence-corrected chi connectivity index (χ1v) is 7.21. The third kappa shape index (κ3) is 2.52. The van der Waals surface area contributed by atoms with Gasteiger partial charge in [0.05, 0.1) is 26.7 Å². The summed E-state index contributed by atoms with van der Waals surface area (Å²) < 4.78 is 21.6. The van der Waals surface area contributed by atoms with E-state index in [-0.39, 0.29) is 16.9 Å². The van der Waals surface area contributed by atoms with Gasteiger partial charge in [-0.3, -0.25) is 4.79 Å². The van der Waals surface area contributed by atoms with Crippen molar-refractivity contribution in [2.45, 2.75) is 0 Å². The van der Waals surface area contributed by atoms with Crippen molar-refractivity contribution in [2.24, 2.45) is 0 Å². The summed E-state index contributed by atoms with van der Waals surface area (Å²) >= 11 is 0. The van der Waals surface area contributed by atoms with Crippen molar-refractivity contribution in [1.29, 1.82) is 0 Å². The molecule has 6 heteroatoms. The van der Waals surface area contributed by atoms with Gasteiger partial charge >= 0.3 is 0 Å². The Hall–Kier alpha value is -3.15. The lowest BCUT2D eigenvalue weighted by molar-refractivity contribution is 0.355. The largest absolute Gasteiger partial charge is 0.497 e. The van der Waals surface area contributed by atoms with Crippen LogP contribution in [-0.4, -0.2) is 21.3 Å². The molecule has 0 radical (unpaired) electrons. The molecule has 0 aliphatic heterocycles. The number of anilines is 1. The lowest BCUT2D eigenvalue weighted by Crippen LogP contribution is -2.10. The van der Waals surface area contributed by atoms with Crippen molar-refractivity contribution < 1.29 is 18.6 Å². The molecule has 0 spiro atoms. The van der Waals surface area contributed by atoms with Crippen molar-refractivity contribution in [3.05, 3.63) is 46.6 Å². The summed E-state index contributed by atoms with van der Waals surface area (Å²) in [5, 5.41) is 0.400. The first kappa shape index (κ1) is 15.7. The Morgan fingerprint density at radius 3 is 2.33 bits per heavy atom. The lowest BCUT2D eigenvalue weighted by Gasteiger charge is -2.11. The van der Waals surface area contributed by atoms with Crippen LogP contribution < -0.4 is 25.4 Å². The minimum absolute atomic E-state index is 0.0416. The van der Waals surface area contributed by atoms with Gasteiger partial charge in [0.15, 0.2) is 17.3 Å². The number of ether oxygens (including phenoxy) is 3. The SMILES string of the molecule is COc1ccc2c(=O)c(N)c(-c3ccc(OC)c(OC)c3)oc2c1. The first-order valence-electron chi connectivity index (χ1n) is 7.21. The van der Waals surface area contributed by atoms with Crippen LogP contribution in [0, 0.1) is 0 Å². The van der Waals surface area contributed by atoms with E-state index in [1.807, 2.05) is 0 Å². The molecule has 2 N–H and O–H groups in total. The average molecular weight is 327 g/mol. The molecule has 3 rings (SSSR count). The van der Waals surface area contributed by atoms with E-state index in [1.165, 1.54) is 7.11 Å². The van der Waals surface area contributed by atoms with Crippen LogP contribution in [0.2, 0.25) is 0 Å². The second-order valence-electron chi connectivity index (χ2n) is 5.11. The fraction of sp³-hybridized carbons (Fsp3) is 0.167. The van der Waals surface area contributed by atoms with Crippen molar-refractivity contribution in [1.82, 2.24) is 0 Å². The molecule has 0 aliphatic carbocycles. The first-order chi connectivity index (χ1) is 11.6. The third-order valence-corrected chi connectivity index (χ3v) is 3.78. The second kappa shape index (κ2) is 6.16. The fourth-order valence-corrected chi connectivity index (χ4v) is 2.51. The number of hydrogen-bond donors (Lipinski definition) is 1. The Balaban J connectivity index is 2.26. The highest BCUT2D eigenvalue weighted by Crippen LogP contribution is 2.35. The van der Waals surface area contributed by atoms with Crippen molar-refractivity contribution in [3.8, 4) is 28.6 Å². The molecule has 0 saturated heterocycles. The molecular formula is C18H17NO5. The quantitative estimate of drug-likeness (QED) is 0.793. The average Bonchev–Trinajstić information content (AvgIpc) is 2.63. The molecule has 0 fully saturated rings. The summed E-state index contributed by atoms with van der Waals surface area (Å²) in [7, 11) is 4.63. The molecule has 1 aromatic heterocycles. The Morgan fingerprint density at radius 1 is 0.917 bits per heavy atom. The van der Waals surface area contributed by atoms with Crippen LogP contribution in [-0.2, 0) is 0 Å². The number of hydrogen-bond acceptors (Lipinski definition) is 6. The molecule has 2 aromatic carbocycles. The predicted octanol–water partition coefficient (Wildman–Crippen LogP) is 3.07. The minimum Gasteiger partial charge on any atom is -0.497 e. The van der Waals surface area contributed by atoms with Gasteiger partial charge in [-0.15, -0.1) is 0 Å². The molecule has 6 nitrogen and oxygen atoms in total. The summed E-state index contributed by atoms with van der Waals surface area (Å²) in [5.41, 5.74) is 6.78. The summed E-state index contributed by atoms with van der Waals surface area (Å²) in [6.07, 6.45) is 0. The summed E-state index contributed by atoms with van der Waals surface area (Å²) in [6, 6.07) is 10.2. The number of nitrogens with two attached hydrogens (primary N) is 1. The van der Waals surface area contributed by atoms with E-state index in [4.69, 9.17) is 24.4 Å². The Bertz CT molecular complexity index is 962. The van der Waals surface area contributed by atoms with Crippen LogP contribution in [0.1, 0.15) is 0 Å². The molecule has 0 bridgehead atoms. The molecule has 3 aromatic rings. The van der Waals surface area contributed by atoms with Crippen molar-refractivity contribution >= 4 is 16.7 Å². The van der Waals surface area contributed by atoms with Gasteiger partial charge in [0, 0.05) is 11.6 Å². The molecule has 0 unspecified atom stereocenters. The molecule has 124 valence electrons. The molecule has 0 saturated carbocycles. The zero-order valence-electron chi connectivity index (χ0n) is 13.6. The number of fused-ring (bicyclic) bond motifs is 1. The van der Waals surface area contributed by atoms with E-state index in [1.54, 1.807) is 50.6 Å². The van der Waals surface area contributed by atoms with Crippen LogP contribution in [0.15, 0.2) is 45.6 Å². The maximum Gasteiger partial charge on any atom is 0.216 e. The molecular weight excluding hydrogens is 310 g/mol. The predicted molar refractivity (Wildman–Crippen MR) is 92.0 cm³/mol. The highest BCUT2D eigenvalue weighted by molar-refractivity contribution is 5.86. The summed E-state index contributed by atoms with van der Waals surface area (Å²) in [6.45, 7) is 0. The number of nitrogen functional groups attached to an aromatic ring is 1. The maximum atomic E-state index is 12.5. The minimum atomic E-state index is -0.288. The molecule has 0 aliphatic rings. The molecule has 1 heterocycles. The van der Waals surface area contributed by atoms with Crippen molar-refractivity contribution in [2.75, 3.05) is 27.1 Å². The van der Waals surface area contributed by atoms with Gasteiger partial charge in [-0.05, 0) is 30.3 Å². The van der Waals surface area contributed by atoms with E-state index in [0.717, 1.165) is 0 Å². The van der Waals surface area contributed by atoms with Crippen molar-refractivity contribution in [3.63, 3.8) is 0 Å². The van der Waals surface area contributed by atoms with Gasteiger partial charge in [-0.1, -0.05) is 0 Å². The van der Waals surface area contributed by atoms with Gasteiger partial charge in [-0.2, -0.15) is 0 Å². The topological polar surface area (TPSA) is 83.9 Å². The highest BCUT2D eigenvalue weighted by Gasteiger charge is 2.16. The molecule has 0 amide bonds. The summed E-state index contributed by atoms with van der Waals surface area (Å²) in [4.78, 5) is 12.5. The van der Waals surface area contributed by atoms with E-state index in [9.17, 15) is 4.79 Å². The van der Waals surface area contributed by atoms with E-state index in [0.29, 0.717) is 33.8 Å². The van der Waals surface area contributed by atoms with E-state index < -0.39 is 0 Å². The lowest BCUT2D eigenvalue weighted by atomic mass is 10.1. The molecule has 0 atom stereocenters. The van der Waals surface area contributed by atoms with Crippen LogP contribution >= 0.6 is 0 Å². The fourth-order valence-electron chi connectivity index (χ4n) is 2.51. The Morgan fingerprint density at radius 2 is 1.67 bits per heavy atom. The van der Waals surface area contributed by atoms with Crippen LogP contribution in [0.4, 0.5) is 5.69 Å². The second-order valence-corrected chi connectivity index (χ2v) is 5.11. The van der Waals surface area contributed by atoms with E-state index in [2.05, 4.69) is 0 Å². The normalized spacial score (nSPS) is 10.6. The van der Waals surface area contributed by atoms with Crippen LogP contribution in [0.25, 0.3) is 22.3 Å². The Kier molecular flexibility index (Phi) is 4.04. The monoisotopic (exact) mass is 327 g/mol. The van der Waals surface area contributed by atoms with Gasteiger partial charge in [0.1, 0.15) is 17.0 Å². The number of benzene rings is 2. The zero-order valence-corrected chi connectivity index (χ0v) is 13.6. The summed E-state index contributed by atoms with van der Waals surface area (Å²) in [5.74, 6) is 1.96. The zero-order chi connectivity index (χ0) is 17.3. The maximum absolute atomic E-state index is 12.5. The van der Waals surface area contributed by atoms with Gasteiger partial charge in [-0.25, -0.2) is 0 Å². The van der Waals surface area contributed by atoms with Gasteiger partial charge < -0.3 is 24.4 Å². The number of methoxy groups -OCH3 is 3. The van der Waals surface area contributed by atoms with Gasteiger partial charge in [0.2, 0.25) is 5.43 Å².